The summed E-state index contributed by atoms with van der Waals surface area (Å²) in [6, 6.07) is 13.7. The fourth-order valence-electron chi connectivity index (χ4n) is 2.47. The van der Waals surface area contributed by atoms with Gasteiger partial charge in [-0.05, 0) is 6.07 Å². The molecule has 0 aliphatic rings. The van der Waals surface area contributed by atoms with Gasteiger partial charge in [-0.2, -0.15) is 0 Å². The van der Waals surface area contributed by atoms with Crippen LogP contribution in [0.3, 0.4) is 0 Å². The first-order valence-corrected chi connectivity index (χ1v) is 6.98. The van der Waals surface area contributed by atoms with Gasteiger partial charge in [-0.1, -0.05) is 30.3 Å². The predicted octanol–water partition coefficient (Wildman–Crippen LogP) is 3.09. The van der Waals surface area contributed by atoms with Crippen LogP contribution in [0.4, 0.5) is 5.69 Å². The highest BCUT2D eigenvalue weighted by Gasteiger charge is 2.16. The van der Waals surface area contributed by atoms with E-state index in [-0.39, 0.29) is 18.7 Å². The molecular formula is C16H13N3O4. The van der Waals surface area contributed by atoms with Crippen molar-refractivity contribution in [2.24, 2.45) is 0 Å². The number of nitrogens with zero attached hydrogens (tertiary/aromatic N) is 3. The molecule has 0 amide bonds. The third-order valence-corrected chi connectivity index (χ3v) is 3.52. The standard InChI is InChI=1S/C16H13N3O4/c20-15(21)8-9-18-14-7-6-12(19(22)23)10-13(14)17-16(18)11-4-2-1-3-5-11/h1-7,10H,8-9H2,(H,20,21). The van der Waals surface area contributed by atoms with Crippen molar-refractivity contribution in [2.45, 2.75) is 13.0 Å². The number of nitro groups is 1. The number of carbonyl (C=O) groups is 1. The molecular weight excluding hydrogens is 298 g/mol. The number of aryl methyl sites for hydroxylation is 1. The van der Waals surface area contributed by atoms with Crippen molar-refractivity contribution in [1.82, 2.24) is 9.55 Å². The highest BCUT2D eigenvalue weighted by molar-refractivity contribution is 5.83. The average Bonchev–Trinajstić information content (AvgIpc) is 2.91. The first-order chi connectivity index (χ1) is 11.1. The first-order valence-electron chi connectivity index (χ1n) is 6.98. The topological polar surface area (TPSA) is 98.3 Å². The summed E-state index contributed by atoms with van der Waals surface area (Å²) in [5, 5.41) is 19.9. The van der Waals surface area contributed by atoms with E-state index in [2.05, 4.69) is 4.98 Å². The van der Waals surface area contributed by atoms with E-state index in [0.29, 0.717) is 16.9 Å². The van der Waals surface area contributed by atoms with Crippen LogP contribution in [0, 0.1) is 10.1 Å². The van der Waals surface area contributed by atoms with Gasteiger partial charge in [-0.25, -0.2) is 4.98 Å². The van der Waals surface area contributed by atoms with Crippen LogP contribution >= 0.6 is 0 Å². The minimum Gasteiger partial charge on any atom is -0.481 e. The van der Waals surface area contributed by atoms with Crippen LogP contribution in [0.25, 0.3) is 22.4 Å². The minimum atomic E-state index is -0.909. The molecule has 1 aromatic heterocycles. The highest BCUT2D eigenvalue weighted by atomic mass is 16.6. The van der Waals surface area contributed by atoms with Crippen molar-refractivity contribution in [3.8, 4) is 11.4 Å². The number of aliphatic carboxylic acids is 1. The molecule has 0 fully saturated rings. The maximum atomic E-state index is 10.9. The van der Waals surface area contributed by atoms with Gasteiger partial charge in [0.25, 0.3) is 5.69 Å². The Morgan fingerprint density at radius 2 is 1.96 bits per heavy atom. The van der Waals surface area contributed by atoms with E-state index in [1.807, 2.05) is 30.3 Å². The Morgan fingerprint density at radius 3 is 2.61 bits per heavy atom. The molecule has 0 spiro atoms. The third-order valence-electron chi connectivity index (χ3n) is 3.52. The Labute approximate surface area is 131 Å². The van der Waals surface area contributed by atoms with Gasteiger partial charge in [-0.3, -0.25) is 14.9 Å². The zero-order chi connectivity index (χ0) is 16.4. The van der Waals surface area contributed by atoms with Gasteiger partial charge in [0.05, 0.1) is 22.4 Å². The zero-order valence-electron chi connectivity index (χ0n) is 12.0. The molecule has 0 unspecified atom stereocenters. The molecule has 116 valence electrons. The molecule has 3 aromatic rings. The Hall–Kier alpha value is -3.22. The summed E-state index contributed by atoms with van der Waals surface area (Å²) in [7, 11) is 0. The van der Waals surface area contributed by atoms with Crippen molar-refractivity contribution in [3.63, 3.8) is 0 Å². The lowest BCUT2D eigenvalue weighted by atomic mass is 10.2. The maximum absolute atomic E-state index is 10.9. The summed E-state index contributed by atoms with van der Waals surface area (Å²) in [5.41, 5.74) is 1.94. The summed E-state index contributed by atoms with van der Waals surface area (Å²) < 4.78 is 1.78. The normalized spacial score (nSPS) is 10.8. The van der Waals surface area contributed by atoms with Crippen molar-refractivity contribution in [1.29, 1.82) is 0 Å². The second-order valence-electron chi connectivity index (χ2n) is 5.03. The molecule has 3 rings (SSSR count). The number of benzene rings is 2. The summed E-state index contributed by atoms with van der Waals surface area (Å²) in [4.78, 5) is 25.8. The molecule has 2 aromatic carbocycles. The van der Waals surface area contributed by atoms with Gasteiger partial charge < -0.3 is 9.67 Å². The van der Waals surface area contributed by atoms with Crippen LogP contribution in [0.2, 0.25) is 0 Å². The fraction of sp³-hybridized carbons (Fsp3) is 0.125. The molecule has 1 N–H and O–H groups in total. The number of carboxylic acid groups (broad SMARTS) is 1. The summed E-state index contributed by atoms with van der Waals surface area (Å²) >= 11 is 0. The Balaban J connectivity index is 2.18. The molecule has 0 aliphatic heterocycles. The maximum Gasteiger partial charge on any atom is 0.305 e. The smallest absolute Gasteiger partial charge is 0.305 e. The number of fused-ring (bicyclic) bond motifs is 1. The first kappa shape index (κ1) is 14.7. The van der Waals surface area contributed by atoms with E-state index < -0.39 is 10.9 Å². The monoisotopic (exact) mass is 311 g/mol. The van der Waals surface area contributed by atoms with E-state index >= 15 is 0 Å². The lowest BCUT2D eigenvalue weighted by molar-refractivity contribution is -0.384. The summed E-state index contributed by atoms with van der Waals surface area (Å²) in [6.07, 6.45) is -0.0533. The number of aromatic nitrogens is 2. The molecule has 0 aliphatic carbocycles. The van der Waals surface area contributed by atoms with Gasteiger partial charge >= 0.3 is 5.97 Å². The number of imidazole rings is 1. The number of rotatable bonds is 5. The van der Waals surface area contributed by atoms with Crippen LogP contribution in [-0.4, -0.2) is 25.6 Å². The predicted molar refractivity (Wildman–Crippen MR) is 84.1 cm³/mol. The molecule has 0 bridgehead atoms. The van der Waals surface area contributed by atoms with E-state index in [1.54, 1.807) is 10.6 Å². The number of nitro benzene ring substituents is 1. The lowest BCUT2D eigenvalue weighted by Crippen LogP contribution is -2.06. The van der Waals surface area contributed by atoms with Gasteiger partial charge in [0.1, 0.15) is 5.82 Å². The number of carboxylic acids is 1. The fourth-order valence-corrected chi connectivity index (χ4v) is 2.47. The minimum absolute atomic E-state index is 0.0417. The molecule has 7 heteroatoms. The van der Waals surface area contributed by atoms with E-state index in [0.717, 1.165) is 5.56 Å². The summed E-state index contributed by atoms with van der Waals surface area (Å²) in [5.74, 6) is -0.310. The molecule has 1 heterocycles. The van der Waals surface area contributed by atoms with Crippen LogP contribution in [0.15, 0.2) is 48.5 Å². The van der Waals surface area contributed by atoms with Gasteiger partial charge in [-0.15, -0.1) is 0 Å². The molecule has 0 atom stereocenters. The van der Waals surface area contributed by atoms with Crippen LogP contribution in [-0.2, 0) is 11.3 Å². The molecule has 0 saturated heterocycles. The zero-order valence-corrected chi connectivity index (χ0v) is 12.0. The third kappa shape index (κ3) is 2.89. The largest absolute Gasteiger partial charge is 0.481 e. The van der Waals surface area contributed by atoms with Crippen molar-refractivity contribution < 1.29 is 14.8 Å². The van der Waals surface area contributed by atoms with E-state index in [9.17, 15) is 14.9 Å². The Kier molecular flexibility index (Phi) is 3.76. The van der Waals surface area contributed by atoms with E-state index in [4.69, 9.17) is 5.11 Å². The molecule has 0 saturated carbocycles. The lowest BCUT2D eigenvalue weighted by Gasteiger charge is -2.07. The van der Waals surface area contributed by atoms with Gasteiger partial charge in [0, 0.05) is 24.2 Å². The van der Waals surface area contributed by atoms with E-state index in [1.165, 1.54) is 12.1 Å². The Morgan fingerprint density at radius 1 is 1.22 bits per heavy atom. The van der Waals surface area contributed by atoms with Crippen molar-refractivity contribution >= 4 is 22.7 Å². The SMILES string of the molecule is O=C(O)CCn1c(-c2ccccc2)nc2cc([N+](=O)[O-])ccc21. The number of hydrogen-bond acceptors (Lipinski definition) is 4. The Bertz CT molecular complexity index is 887. The van der Waals surface area contributed by atoms with Crippen LogP contribution in [0.5, 0.6) is 0 Å². The average molecular weight is 311 g/mol. The second kappa shape index (κ2) is 5.88. The van der Waals surface area contributed by atoms with Crippen LogP contribution in [0.1, 0.15) is 6.42 Å². The number of hydrogen-bond donors (Lipinski definition) is 1. The molecule has 0 radical (unpaired) electrons. The van der Waals surface area contributed by atoms with Crippen molar-refractivity contribution in [2.75, 3.05) is 0 Å². The van der Waals surface area contributed by atoms with Gasteiger partial charge in [0.2, 0.25) is 0 Å². The quantitative estimate of drug-likeness (QED) is 0.576. The van der Waals surface area contributed by atoms with Gasteiger partial charge in [0.15, 0.2) is 0 Å². The summed E-state index contributed by atoms with van der Waals surface area (Å²) in [6.45, 7) is 0.244. The molecule has 7 nitrogen and oxygen atoms in total. The van der Waals surface area contributed by atoms with Crippen molar-refractivity contribution in [3.05, 3.63) is 58.6 Å². The number of non-ortho nitro benzene ring substituents is 1. The van der Waals surface area contributed by atoms with Crippen LogP contribution < -0.4 is 0 Å². The second-order valence-corrected chi connectivity index (χ2v) is 5.03. The molecule has 23 heavy (non-hydrogen) atoms. The highest BCUT2D eigenvalue weighted by Crippen LogP contribution is 2.27.